The van der Waals surface area contributed by atoms with Crippen LogP contribution in [0.4, 0.5) is 10.9 Å². The third-order valence-corrected chi connectivity index (χ3v) is 5.50. The van der Waals surface area contributed by atoms with E-state index in [0.29, 0.717) is 17.4 Å². The molecule has 0 aromatic carbocycles. The van der Waals surface area contributed by atoms with Gasteiger partial charge in [0.2, 0.25) is 11.0 Å². The first-order valence-electron chi connectivity index (χ1n) is 8.61. The van der Waals surface area contributed by atoms with Crippen LogP contribution >= 0.6 is 11.3 Å². The van der Waals surface area contributed by atoms with Crippen LogP contribution in [0.5, 0.6) is 0 Å². The van der Waals surface area contributed by atoms with Crippen LogP contribution in [-0.2, 0) is 11.2 Å². The summed E-state index contributed by atoms with van der Waals surface area (Å²) in [6.07, 6.45) is 4.02. The van der Waals surface area contributed by atoms with Gasteiger partial charge in [0.15, 0.2) is 0 Å². The number of fused-ring (bicyclic) bond motifs is 1. The Morgan fingerprint density at radius 1 is 1.42 bits per heavy atom. The molecular weight excluding hydrogens is 354 g/mol. The van der Waals surface area contributed by atoms with Crippen molar-refractivity contribution in [1.29, 1.82) is 0 Å². The van der Waals surface area contributed by atoms with Crippen LogP contribution in [0.2, 0.25) is 0 Å². The Balaban J connectivity index is 1.51. The fourth-order valence-corrected chi connectivity index (χ4v) is 3.86. The highest BCUT2D eigenvalue weighted by Gasteiger charge is 2.29. The zero-order valence-electron chi connectivity index (χ0n) is 14.6. The van der Waals surface area contributed by atoms with Crippen molar-refractivity contribution in [3.05, 3.63) is 17.0 Å². The number of piperidine rings is 1. The fourth-order valence-electron chi connectivity index (χ4n) is 3.18. The van der Waals surface area contributed by atoms with Gasteiger partial charge in [-0.3, -0.25) is 4.79 Å². The summed E-state index contributed by atoms with van der Waals surface area (Å²) in [7, 11) is 0. The molecule has 136 valence electrons. The SMILES string of the molecule is CCc1nnc(NC(=O)C2CCCN(c3ncnc4onc(C)c34)C2)s1. The Morgan fingerprint density at radius 2 is 2.31 bits per heavy atom. The van der Waals surface area contributed by atoms with E-state index in [4.69, 9.17) is 4.52 Å². The predicted octanol–water partition coefficient (Wildman–Crippen LogP) is 2.20. The summed E-state index contributed by atoms with van der Waals surface area (Å²) < 4.78 is 5.23. The summed E-state index contributed by atoms with van der Waals surface area (Å²) in [6.45, 7) is 5.30. The van der Waals surface area contributed by atoms with Gasteiger partial charge in [0.05, 0.1) is 11.6 Å². The number of carbonyl (C=O) groups excluding carboxylic acids is 1. The minimum absolute atomic E-state index is 0.0270. The lowest BCUT2D eigenvalue weighted by molar-refractivity contribution is -0.120. The van der Waals surface area contributed by atoms with Crippen LogP contribution in [0.15, 0.2) is 10.9 Å². The second-order valence-electron chi connectivity index (χ2n) is 6.27. The summed E-state index contributed by atoms with van der Waals surface area (Å²) in [4.78, 5) is 23.3. The third-order valence-electron chi connectivity index (χ3n) is 4.51. The summed E-state index contributed by atoms with van der Waals surface area (Å²) in [6, 6.07) is 0. The lowest BCUT2D eigenvalue weighted by Gasteiger charge is -2.32. The molecule has 4 heterocycles. The number of anilines is 2. The van der Waals surface area contributed by atoms with Gasteiger partial charge >= 0.3 is 0 Å². The molecule has 4 rings (SSSR count). The minimum atomic E-state index is -0.136. The lowest BCUT2D eigenvalue weighted by Crippen LogP contribution is -2.41. The zero-order chi connectivity index (χ0) is 18.1. The van der Waals surface area contributed by atoms with E-state index in [1.54, 1.807) is 0 Å². The Hall–Kier alpha value is -2.62. The molecule has 0 saturated carbocycles. The molecule has 1 aliphatic rings. The van der Waals surface area contributed by atoms with Crippen LogP contribution in [0.3, 0.4) is 0 Å². The number of carbonyl (C=O) groups is 1. The van der Waals surface area contributed by atoms with Crippen molar-refractivity contribution in [1.82, 2.24) is 25.3 Å². The fraction of sp³-hybridized carbons (Fsp3) is 0.500. The highest BCUT2D eigenvalue weighted by molar-refractivity contribution is 7.15. The van der Waals surface area contributed by atoms with E-state index < -0.39 is 0 Å². The normalized spacial score (nSPS) is 17.6. The van der Waals surface area contributed by atoms with Gasteiger partial charge in [-0.05, 0) is 26.2 Å². The van der Waals surface area contributed by atoms with Gasteiger partial charge in [0, 0.05) is 13.1 Å². The number of nitrogens with one attached hydrogen (secondary N) is 1. The standard InChI is InChI=1S/C16H19N7O2S/c1-3-11-20-21-16(26-11)19-14(24)10-5-4-6-23(7-10)13-12-9(2)22-25-15(12)18-8-17-13/h8,10H,3-7H2,1-2H3,(H,19,21,24). The Morgan fingerprint density at radius 3 is 3.12 bits per heavy atom. The number of hydrogen-bond acceptors (Lipinski definition) is 9. The van der Waals surface area contributed by atoms with Crippen molar-refractivity contribution in [2.75, 3.05) is 23.3 Å². The van der Waals surface area contributed by atoms with Crippen LogP contribution in [-0.4, -0.2) is 44.3 Å². The highest BCUT2D eigenvalue weighted by Crippen LogP contribution is 2.30. The Bertz CT molecular complexity index is 938. The average molecular weight is 373 g/mol. The van der Waals surface area contributed by atoms with Gasteiger partial charge in [0.1, 0.15) is 22.5 Å². The topological polar surface area (TPSA) is 110 Å². The molecule has 9 nitrogen and oxygen atoms in total. The molecule has 1 amide bonds. The van der Waals surface area contributed by atoms with Crippen LogP contribution in [0.25, 0.3) is 11.1 Å². The maximum absolute atomic E-state index is 12.7. The van der Waals surface area contributed by atoms with Crippen molar-refractivity contribution in [3.8, 4) is 0 Å². The van der Waals surface area contributed by atoms with E-state index in [1.807, 2.05) is 13.8 Å². The molecular formula is C16H19N7O2S. The van der Waals surface area contributed by atoms with E-state index >= 15 is 0 Å². The third kappa shape index (κ3) is 3.12. The molecule has 1 atom stereocenters. The summed E-state index contributed by atoms with van der Waals surface area (Å²) in [5, 5.41) is 17.2. The number of hydrogen-bond donors (Lipinski definition) is 1. The summed E-state index contributed by atoms with van der Waals surface area (Å²) in [5.41, 5.74) is 1.23. The Labute approximate surface area is 153 Å². The molecule has 1 unspecified atom stereocenters. The molecule has 0 radical (unpaired) electrons. The van der Waals surface area contributed by atoms with E-state index in [-0.39, 0.29) is 11.8 Å². The molecule has 10 heteroatoms. The Kier molecular flexibility index (Phi) is 4.49. The molecule has 0 aliphatic carbocycles. The highest BCUT2D eigenvalue weighted by atomic mass is 32.1. The van der Waals surface area contributed by atoms with E-state index in [1.165, 1.54) is 17.7 Å². The second kappa shape index (κ2) is 6.94. The molecule has 26 heavy (non-hydrogen) atoms. The van der Waals surface area contributed by atoms with Gasteiger partial charge in [0.25, 0.3) is 5.71 Å². The molecule has 1 fully saturated rings. The van der Waals surface area contributed by atoms with Crippen LogP contribution in [0, 0.1) is 12.8 Å². The van der Waals surface area contributed by atoms with Crippen molar-refractivity contribution < 1.29 is 9.32 Å². The summed E-state index contributed by atoms with van der Waals surface area (Å²) >= 11 is 1.42. The zero-order valence-corrected chi connectivity index (χ0v) is 15.4. The van der Waals surface area contributed by atoms with Gasteiger partial charge < -0.3 is 14.7 Å². The quantitative estimate of drug-likeness (QED) is 0.741. The average Bonchev–Trinajstić information content (AvgIpc) is 3.28. The van der Waals surface area contributed by atoms with E-state index in [9.17, 15) is 4.79 Å². The number of rotatable bonds is 4. The first-order valence-corrected chi connectivity index (χ1v) is 9.42. The molecule has 1 N–H and O–H groups in total. The predicted molar refractivity (Wildman–Crippen MR) is 97.2 cm³/mol. The van der Waals surface area contributed by atoms with Gasteiger partial charge in [-0.2, -0.15) is 4.98 Å². The molecule has 3 aromatic heterocycles. The summed E-state index contributed by atoms with van der Waals surface area (Å²) in [5.74, 6) is 0.610. The van der Waals surface area contributed by atoms with Crippen molar-refractivity contribution in [2.45, 2.75) is 33.1 Å². The minimum Gasteiger partial charge on any atom is -0.355 e. The molecule has 1 aliphatic heterocycles. The second-order valence-corrected chi connectivity index (χ2v) is 7.34. The molecule has 3 aromatic rings. The molecule has 0 spiro atoms. The van der Waals surface area contributed by atoms with Crippen molar-refractivity contribution in [2.24, 2.45) is 5.92 Å². The molecule has 1 saturated heterocycles. The number of aromatic nitrogens is 5. The van der Waals surface area contributed by atoms with Gasteiger partial charge in [-0.1, -0.05) is 23.4 Å². The van der Waals surface area contributed by atoms with Gasteiger partial charge in [-0.25, -0.2) is 4.98 Å². The van der Waals surface area contributed by atoms with Gasteiger partial charge in [-0.15, -0.1) is 10.2 Å². The number of amides is 1. The maximum atomic E-state index is 12.7. The van der Waals surface area contributed by atoms with Crippen molar-refractivity contribution >= 4 is 39.3 Å². The smallest absolute Gasteiger partial charge is 0.263 e. The number of nitrogens with zero attached hydrogens (tertiary/aromatic N) is 6. The first-order chi connectivity index (χ1) is 12.7. The van der Waals surface area contributed by atoms with E-state index in [0.717, 1.165) is 47.7 Å². The lowest BCUT2D eigenvalue weighted by atomic mass is 9.97. The largest absolute Gasteiger partial charge is 0.355 e. The number of aryl methyl sites for hydroxylation is 2. The van der Waals surface area contributed by atoms with E-state index in [2.05, 4.69) is 35.5 Å². The van der Waals surface area contributed by atoms with Crippen molar-refractivity contribution in [3.63, 3.8) is 0 Å². The molecule has 0 bridgehead atoms. The maximum Gasteiger partial charge on any atom is 0.263 e. The monoisotopic (exact) mass is 373 g/mol. The van der Waals surface area contributed by atoms with Crippen LogP contribution in [0.1, 0.15) is 30.5 Å². The first kappa shape index (κ1) is 16.8. The van der Waals surface area contributed by atoms with Crippen LogP contribution < -0.4 is 10.2 Å².